The number of carbonyl (C=O) groups excluding carboxylic acids is 2. The van der Waals surface area contributed by atoms with E-state index in [2.05, 4.69) is 9.05 Å². The molecule has 0 bridgehead atoms. The maximum Gasteiger partial charge on any atom is 0.469 e. The molecule has 0 fully saturated rings. The number of phosphoric acid groups is 2. The minimum Gasteiger partial charge on any atom is -0.388 e. The Balaban J connectivity index is 0. The molecular formula is C8H18O14P2. The zero-order valence-electron chi connectivity index (χ0n) is 11.9. The van der Waals surface area contributed by atoms with Crippen LogP contribution in [0.2, 0.25) is 0 Å². The molecule has 0 spiro atoms. The van der Waals surface area contributed by atoms with Crippen LogP contribution in [0.1, 0.15) is 0 Å². The standard InChI is InChI=1S/C5H11O8P.C3H7O6P/c6-1-3(7)5(9)4(8)2-13-14(10,11)12;4-1-3(5)2-9-10(6,7)8/h4-6,8-9H,1-2H2,(H2,10,11,12);1,3,5H,2H2,(H2,6,7,8). The van der Waals surface area contributed by atoms with E-state index in [4.69, 9.17) is 40.0 Å². The predicted octanol–water partition coefficient (Wildman–Crippen LogP) is -3.97. The lowest BCUT2D eigenvalue weighted by Crippen LogP contribution is -2.38. The summed E-state index contributed by atoms with van der Waals surface area (Å²) < 4.78 is 27.6. The minimum atomic E-state index is -4.74. The fraction of sp³-hybridized carbons (Fsp3) is 0.750. The van der Waals surface area contributed by atoms with E-state index in [-0.39, 0.29) is 6.29 Å². The maximum absolute atomic E-state index is 10.6. The lowest BCUT2D eigenvalue weighted by molar-refractivity contribution is -0.137. The molecule has 144 valence electrons. The quantitative estimate of drug-likeness (QED) is 0.129. The number of aldehydes is 1. The molecule has 0 aromatic heterocycles. The summed E-state index contributed by atoms with van der Waals surface area (Å²) in [6.45, 7) is -2.57. The van der Waals surface area contributed by atoms with Gasteiger partial charge in [0.05, 0.1) is 13.2 Å². The number of aliphatic hydroxyl groups excluding tert-OH is 4. The minimum absolute atomic E-state index is 0.121. The van der Waals surface area contributed by atoms with Crippen LogP contribution >= 0.6 is 15.6 Å². The van der Waals surface area contributed by atoms with Crippen molar-refractivity contribution < 1.29 is 67.8 Å². The van der Waals surface area contributed by atoms with Crippen LogP contribution in [-0.4, -0.2) is 90.2 Å². The third-order valence-corrected chi connectivity index (χ3v) is 2.81. The molecule has 0 heterocycles. The zero-order chi connectivity index (χ0) is 19.6. The van der Waals surface area contributed by atoms with Crippen molar-refractivity contribution in [2.75, 3.05) is 19.8 Å². The third-order valence-electron chi connectivity index (χ3n) is 1.83. The van der Waals surface area contributed by atoms with E-state index in [0.29, 0.717) is 0 Å². The van der Waals surface area contributed by atoms with Gasteiger partial charge < -0.3 is 44.8 Å². The van der Waals surface area contributed by atoms with E-state index >= 15 is 0 Å². The van der Waals surface area contributed by atoms with Gasteiger partial charge in [-0.15, -0.1) is 0 Å². The number of Topliss-reactive ketones (excluding diaryl/α,β-unsaturated/α-hetero) is 1. The molecule has 0 aromatic rings. The highest BCUT2D eigenvalue weighted by Crippen LogP contribution is 2.36. The van der Waals surface area contributed by atoms with Gasteiger partial charge in [-0.1, -0.05) is 0 Å². The highest BCUT2D eigenvalue weighted by Gasteiger charge is 2.26. The van der Waals surface area contributed by atoms with E-state index in [0.717, 1.165) is 0 Å². The number of ketones is 1. The predicted molar refractivity (Wildman–Crippen MR) is 72.2 cm³/mol. The first-order valence-electron chi connectivity index (χ1n) is 5.76. The molecule has 0 rings (SSSR count). The molecule has 3 atom stereocenters. The van der Waals surface area contributed by atoms with E-state index in [1.54, 1.807) is 0 Å². The monoisotopic (exact) mass is 400 g/mol. The van der Waals surface area contributed by atoms with Crippen molar-refractivity contribution in [3.63, 3.8) is 0 Å². The Kier molecular flexibility index (Phi) is 12.7. The molecule has 0 saturated heterocycles. The van der Waals surface area contributed by atoms with Gasteiger partial charge in [-0.05, 0) is 0 Å². The van der Waals surface area contributed by atoms with Crippen LogP contribution < -0.4 is 0 Å². The average Bonchev–Trinajstić information content (AvgIpc) is 2.47. The molecule has 16 heteroatoms. The van der Waals surface area contributed by atoms with Crippen LogP contribution in [0.3, 0.4) is 0 Å². The molecule has 3 unspecified atom stereocenters. The Morgan fingerprint density at radius 3 is 1.71 bits per heavy atom. The lowest BCUT2D eigenvalue weighted by atomic mass is 10.1. The molecule has 24 heavy (non-hydrogen) atoms. The molecule has 0 aliphatic heterocycles. The zero-order valence-corrected chi connectivity index (χ0v) is 13.6. The first-order valence-corrected chi connectivity index (χ1v) is 8.82. The summed E-state index contributed by atoms with van der Waals surface area (Å²) >= 11 is 0. The number of rotatable bonds is 10. The summed E-state index contributed by atoms with van der Waals surface area (Å²) in [5.41, 5.74) is 0. The summed E-state index contributed by atoms with van der Waals surface area (Å²) in [5.74, 6) is -1.06. The fourth-order valence-corrected chi connectivity index (χ4v) is 1.48. The van der Waals surface area contributed by atoms with Crippen molar-refractivity contribution in [1.29, 1.82) is 0 Å². The second-order valence-electron chi connectivity index (χ2n) is 3.91. The summed E-state index contributed by atoms with van der Waals surface area (Å²) in [5, 5.41) is 34.5. The van der Waals surface area contributed by atoms with Gasteiger partial charge in [-0.3, -0.25) is 13.8 Å². The average molecular weight is 400 g/mol. The summed E-state index contributed by atoms with van der Waals surface area (Å²) in [4.78, 5) is 52.7. The normalized spacial score (nSPS) is 15.7. The van der Waals surface area contributed by atoms with Crippen molar-refractivity contribution in [2.45, 2.75) is 18.3 Å². The third kappa shape index (κ3) is 16.3. The Morgan fingerprint density at radius 2 is 1.38 bits per heavy atom. The largest absolute Gasteiger partial charge is 0.469 e. The van der Waals surface area contributed by atoms with Gasteiger partial charge in [-0.25, -0.2) is 9.13 Å². The van der Waals surface area contributed by atoms with E-state index in [1.165, 1.54) is 0 Å². The van der Waals surface area contributed by atoms with Gasteiger partial charge in [0.15, 0.2) is 12.1 Å². The molecule has 0 amide bonds. The summed E-state index contributed by atoms with van der Waals surface area (Å²) in [6, 6.07) is 0. The highest BCUT2D eigenvalue weighted by atomic mass is 31.2. The number of aliphatic hydroxyl groups is 4. The highest BCUT2D eigenvalue weighted by molar-refractivity contribution is 7.46. The first-order chi connectivity index (χ1) is 10.7. The SMILES string of the molecule is O=C(CO)C(O)C(O)COP(=O)(O)O.O=CC(O)COP(=O)(O)O. The van der Waals surface area contributed by atoms with Crippen molar-refractivity contribution in [3.8, 4) is 0 Å². The molecular weight excluding hydrogens is 382 g/mol. The van der Waals surface area contributed by atoms with Crippen molar-refractivity contribution >= 4 is 27.7 Å². The van der Waals surface area contributed by atoms with Gasteiger partial charge in [-0.2, -0.15) is 0 Å². The van der Waals surface area contributed by atoms with E-state index < -0.39 is 59.6 Å². The molecule has 0 aliphatic carbocycles. The van der Waals surface area contributed by atoms with Crippen LogP contribution in [-0.2, 0) is 27.8 Å². The van der Waals surface area contributed by atoms with Crippen LogP contribution in [0.5, 0.6) is 0 Å². The summed E-state index contributed by atoms with van der Waals surface area (Å²) in [7, 11) is -9.29. The number of hydrogen-bond donors (Lipinski definition) is 8. The Bertz CT molecular complexity index is 467. The van der Waals surface area contributed by atoms with Crippen molar-refractivity contribution in [2.24, 2.45) is 0 Å². The van der Waals surface area contributed by atoms with Gasteiger partial charge in [0.25, 0.3) is 0 Å². The molecule has 0 aromatic carbocycles. The van der Waals surface area contributed by atoms with Crippen LogP contribution in [0.4, 0.5) is 0 Å². The Morgan fingerprint density at radius 1 is 0.958 bits per heavy atom. The van der Waals surface area contributed by atoms with Crippen molar-refractivity contribution in [3.05, 3.63) is 0 Å². The van der Waals surface area contributed by atoms with Gasteiger partial charge in [0, 0.05) is 0 Å². The second-order valence-corrected chi connectivity index (χ2v) is 6.39. The van der Waals surface area contributed by atoms with Gasteiger partial charge >= 0.3 is 15.6 Å². The van der Waals surface area contributed by atoms with Crippen LogP contribution in [0, 0.1) is 0 Å². The second kappa shape index (κ2) is 11.9. The molecule has 0 radical (unpaired) electrons. The van der Waals surface area contributed by atoms with Gasteiger partial charge in [0.1, 0.15) is 24.9 Å². The molecule has 0 aliphatic rings. The van der Waals surface area contributed by atoms with Gasteiger partial charge in [0.2, 0.25) is 0 Å². The molecule has 8 N–H and O–H groups in total. The van der Waals surface area contributed by atoms with Crippen molar-refractivity contribution in [1.82, 2.24) is 0 Å². The van der Waals surface area contributed by atoms with Crippen LogP contribution in [0.25, 0.3) is 0 Å². The maximum atomic E-state index is 10.6. The topological polar surface area (TPSA) is 249 Å². The Hall–Kier alpha value is -0.600. The van der Waals surface area contributed by atoms with Crippen LogP contribution in [0.15, 0.2) is 0 Å². The Labute approximate surface area is 134 Å². The molecule has 14 nitrogen and oxygen atoms in total. The smallest absolute Gasteiger partial charge is 0.388 e. The van der Waals surface area contributed by atoms with E-state index in [1.807, 2.05) is 0 Å². The fourth-order valence-electron chi connectivity index (χ4n) is 0.785. The number of carbonyl (C=O) groups is 2. The molecule has 0 saturated carbocycles. The van der Waals surface area contributed by atoms with E-state index in [9.17, 15) is 18.7 Å². The summed E-state index contributed by atoms with van der Waals surface area (Å²) in [6.07, 6.45) is -5.07. The first kappa shape index (κ1) is 25.6. The number of hydrogen-bond acceptors (Lipinski definition) is 10. The lowest BCUT2D eigenvalue weighted by Gasteiger charge is -2.15. The number of phosphoric ester groups is 2.